The second kappa shape index (κ2) is 7.71. The molecular weight excluding hydrogens is 351 g/mol. The Balaban J connectivity index is 0.00000264. The third-order valence-electron chi connectivity index (χ3n) is 2.84. The van der Waals surface area contributed by atoms with Gasteiger partial charge in [0, 0.05) is 29.6 Å². The summed E-state index contributed by atoms with van der Waals surface area (Å²) in [5.74, 6) is 0. The molecule has 0 aromatic heterocycles. The van der Waals surface area contributed by atoms with E-state index in [9.17, 15) is 16.8 Å². The van der Waals surface area contributed by atoms with E-state index in [1.165, 1.54) is 48.6 Å². The zero-order valence-electron chi connectivity index (χ0n) is 12.1. The minimum atomic E-state index is -4.40. The zero-order chi connectivity index (χ0) is 16.4. The molecule has 9 heteroatoms. The van der Waals surface area contributed by atoms with Crippen LogP contribution >= 0.6 is 0 Å². The van der Waals surface area contributed by atoms with Gasteiger partial charge in [-0.1, -0.05) is 48.6 Å². The van der Waals surface area contributed by atoms with Crippen LogP contribution in [0.4, 0.5) is 0 Å². The van der Waals surface area contributed by atoms with Gasteiger partial charge in [-0.3, -0.25) is 9.11 Å². The summed E-state index contributed by atoms with van der Waals surface area (Å²) < 4.78 is 63.4. The van der Waals surface area contributed by atoms with Gasteiger partial charge >= 0.3 is 0 Å². The predicted octanol–water partition coefficient (Wildman–Crippen LogP) is 1.97. The molecule has 2 N–H and O–H groups in total. The van der Waals surface area contributed by atoms with Gasteiger partial charge in [0.05, 0.1) is 0 Å². The van der Waals surface area contributed by atoms with Crippen LogP contribution in [0.5, 0.6) is 0 Å². The molecule has 0 bridgehead atoms. The summed E-state index contributed by atoms with van der Waals surface area (Å²) in [5, 5.41) is 0. The Bertz CT molecular complexity index is 856. The number of hydrogen-bond donors (Lipinski definition) is 2. The van der Waals surface area contributed by atoms with Crippen molar-refractivity contribution in [3.8, 4) is 0 Å². The Labute approximate surface area is 156 Å². The molecule has 0 aliphatic heterocycles. The molecule has 0 atom stereocenters. The van der Waals surface area contributed by atoms with Gasteiger partial charge in [-0.2, -0.15) is 16.8 Å². The van der Waals surface area contributed by atoms with Gasteiger partial charge in [0.2, 0.25) is 0 Å². The summed E-state index contributed by atoms with van der Waals surface area (Å²) in [4.78, 5) is -0.592. The van der Waals surface area contributed by atoms with Crippen LogP contribution in [0.3, 0.4) is 0 Å². The molecule has 0 spiro atoms. The zero-order valence-corrected chi connectivity index (χ0v) is 15.8. The Morgan fingerprint density at radius 2 is 0.957 bits per heavy atom. The smallest absolute Gasteiger partial charge is 0.282 e. The van der Waals surface area contributed by atoms with E-state index in [0.717, 1.165) is 0 Å². The monoisotopic (exact) mass is 363 g/mol. The molecule has 2 aromatic rings. The number of hydrogen-bond acceptors (Lipinski definition) is 4. The largest absolute Gasteiger partial charge is 0.295 e. The first kappa shape index (κ1) is 20.0. The summed E-state index contributed by atoms with van der Waals surface area (Å²) in [6.45, 7) is 0. The molecule has 0 saturated heterocycles. The molecule has 0 amide bonds. The van der Waals surface area contributed by atoms with E-state index >= 15 is 0 Å². The van der Waals surface area contributed by atoms with Crippen LogP contribution in [0.15, 0.2) is 58.3 Å². The molecule has 0 aliphatic carbocycles. The van der Waals surface area contributed by atoms with Crippen molar-refractivity contribution < 1.29 is 25.9 Å². The van der Waals surface area contributed by atoms with Gasteiger partial charge in [-0.05, 0) is 23.3 Å². The predicted molar refractivity (Wildman–Crippen MR) is 87.2 cm³/mol. The van der Waals surface area contributed by atoms with Crippen molar-refractivity contribution in [2.24, 2.45) is 0 Å². The number of rotatable bonds is 4. The molecular formula is C14H12NaO6S2. The molecule has 0 aliphatic rings. The molecule has 23 heavy (non-hydrogen) atoms. The van der Waals surface area contributed by atoms with Crippen LogP contribution in [0.25, 0.3) is 12.2 Å². The standard InChI is InChI=1S/C14H12O6S2.Na/c15-21(16,17)13-7-3-1-5-11(13)9-10-12-6-2-4-8-14(12)22(18,19)20;/h1-10H,(H,15,16,17)(H,18,19,20);. The first-order valence-corrected chi connectivity index (χ1v) is 8.89. The summed E-state index contributed by atoms with van der Waals surface area (Å²) in [7, 11) is -8.79. The van der Waals surface area contributed by atoms with Gasteiger partial charge < -0.3 is 0 Å². The first-order chi connectivity index (χ1) is 10.2. The van der Waals surface area contributed by atoms with E-state index in [1.54, 1.807) is 12.1 Å². The minimum Gasteiger partial charge on any atom is -0.282 e. The summed E-state index contributed by atoms with van der Waals surface area (Å²) in [6, 6.07) is 11.4. The quantitative estimate of drug-likeness (QED) is 0.488. The Morgan fingerprint density at radius 1 is 0.652 bits per heavy atom. The van der Waals surface area contributed by atoms with E-state index in [0.29, 0.717) is 0 Å². The summed E-state index contributed by atoms with van der Waals surface area (Å²) >= 11 is 0. The Kier molecular flexibility index (Phi) is 6.72. The van der Waals surface area contributed by atoms with Crippen molar-refractivity contribution in [2.45, 2.75) is 9.79 Å². The molecule has 0 saturated carbocycles. The maximum atomic E-state index is 11.3. The molecule has 1 radical (unpaired) electrons. The van der Waals surface area contributed by atoms with E-state index in [2.05, 4.69) is 0 Å². The molecule has 0 heterocycles. The second-order valence-electron chi connectivity index (χ2n) is 4.36. The maximum Gasteiger partial charge on any atom is 0.295 e. The van der Waals surface area contributed by atoms with Gasteiger partial charge in [0.25, 0.3) is 20.2 Å². The van der Waals surface area contributed by atoms with E-state index in [1.807, 2.05) is 0 Å². The van der Waals surface area contributed by atoms with Gasteiger partial charge in [0.1, 0.15) is 9.79 Å². The Hall–Kier alpha value is -1.000. The minimum absolute atomic E-state index is 0. The van der Waals surface area contributed by atoms with E-state index < -0.39 is 20.2 Å². The molecule has 6 nitrogen and oxygen atoms in total. The second-order valence-corrected chi connectivity index (χ2v) is 7.14. The van der Waals surface area contributed by atoms with Crippen molar-refractivity contribution in [3.63, 3.8) is 0 Å². The van der Waals surface area contributed by atoms with E-state index in [-0.39, 0.29) is 50.5 Å². The average molecular weight is 363 g/mol. The van der Waals surface area contributed by atoms with Crippen LogP contribution in [0.2, 0.25) is 0 Å². The van der Waals surface area contributed by atoms with Crippen LogP contribution in [0, 0.1) is 0 Å². The number of benzene rings is 2. The first-order valence-electron chi connectivity index (χ1n) is 6.01. The summed E-state index contributed by atoms with van der Waals surface area (Å²) in [5.41, 5.74) is 0.380. The van der Waals surface area contributed by atoms with Gasteiger partial charge in [-0.25, -0.2) is 0 Å². The fraction of sp³-hybridized carbons (Fsp3) is 0. The molecule has 0 fully saturated rings. The molecule has 0 unspecified atom stereocenters. The topological polar surface area (TPSA) is 109 Å². The SMILES string of the molecule is O=S(=O)(O)c1ccccc1C=Cc1ccccc1S(=O)(=O)O.[Na]. The van der Waals surface area contributed by atoms with E-state index in [4.69, 9.17) is 9.11 Å². The van der Waals surface area contributed by atoms with Gasteiger partial charge in [0.15, 0.2) is 0 Å². The van der Waals surface area contributed by atoms with Gasteiger partial charge in [-0.15, -0.1) is 0 Å². The molecule has 2 aromatic carbocycles. The molecule has 117 valence electrons. The van der Waals surface area contributed by atoms with Crippen LogP contribution in [-0.2, 0) is 20.2 Å². The maximum absolute atomic E-state index is 11.3. The van der Waals surface area contributed by atoms with Crippen molar-refractivity contribution in [1.29, 1.82) is 0 Å². The van der Waals surface area contributed by atoms with Crippen LogP contribution in [0.1, 0.15) is 11.1 Å². The third kappa shape index (κ3) is 5.25. The average Bonchev–Trinajstić information content (AvgIpc) is 2.44. The van der Waals surface area contributed by atoms with Crippen molar-refractivity contribution in [2.75, 3.05) is 0 Å². The third-order valence-corrected chi connectivity index (χ3v) is 4.69. The summed E-state index contributed by atoms with van der Waals surface area (Å²) in [6.07, 6.45) is 2.68. The van der Waals surface area contributed by atoms with Crippen LogP contribution in [-0.4, -0.2) is 55.5 Å². The normalized spacial score (nSPS) is 12.1. The molecule has 2 rings (SSSR count). The van der Waals surface area contributed by atoms with Crippen LogP contribution < -0.4 is 0 Å². The fourth-order valence-electron chi connectivity index (χ4n) is 1.89. The van der Waals surface area contributed by atoms with Crippen molar-refractivity contribution >= 4 is 61.9 Å². The fourth-order valence-corrected chi connectivity index (χ4v) is 3.25. The van der Waals surface area contributed by atoms with Crippen molar-refractivity contribution in [1.82, 2.24) is 0 Å². The Morgan fingerprint density at radius 3 is 1.26 bits per heavy atom. The van der Waals surface area contributed by atoms with Crippen molar-refractivity contribution in [3.05, 3.63) is 59.7 Å².